The zero-order chi connectivity index (χ0) is 19.2. The van der Waals surface area contributed by atoms with Gasteiger partial charge in [-0.25, -0.2) is 4.39 Å². The topological polar surface area (TPSA) is 47.6 Å². The first-order valence-electron chi connectivity index (χ1n) is 7.32. The molecule has 0 saturated heterocycles. The third-order valence-electron chi connectivity index (χ3n) is 3.09. The molecule has 2 aromatic carbocycles. The van der Waals surface area contributed by atoms with Crippen LogP contribution >= 0.6 is 11.8 Å². The molecule has 4 nitrogen and oxygen atoms in total. The summed E-state index contributed by atoms with van der Waals surface area (Å²) in [6.07, 6.45) is -4.76. The van der Waals surface area contributed by atoms with Gasteiger partial charge in [0, 0.05) is 11.4 Å². The van der Waals surface area contributed by atoms with Crippen LogP contribution in [0, 0.1) is 5.82 Å². The van der Waals surface area contributed by atoms with Crippen molar-refractivity contribution in [2.45, 2.75) is 12.1 Å². The molecule has 0 fully saturated rings. The maximum absolute atomic E-state index is 13.6. The first kappa shape index (κ1) is 19.9. The van der Waals surface area contributed by atoms with Crippen molar-refractivity contribution in [1.82, 2.24) is 0 Å². The summed E-state index contributed by atoms with van der Waals surface area (Å²) in [5.74, 6) is -0.494. The highest BCUT2D eigenvalue weighted by atomic mass is 32.2. The summed E-state index contributed by atoms with van der Waals surface area (Å²) in [5, 5.41) is 2.56. The average molecular weight is 389 g/mol. The number of thioether (sulfide) groups is 1. The van der Waals surface area contributed by atoms with E-state index in [0.29, 0.717) is 17.0 Å². The van der Waals surface area contributed by atoms with Gasteiger partial charge in [0.1, 0.15) is 5.75 Å². The minimum atomic E-state index is -4.76. The number of methoxy groups -OCH3 is 1. The van der Waals surface area contributed by atoms with Gasteiger partial charge in [0.2, 0.25) is 5.91 Å². The molecule has 1 N–H and O–H groups in total. The number of rotatable bonds is 7. The summed E-state index contributed by atoms with van der Waals surface area (Å²) in [6.45, 7) is 0. The van der Waals surface area contributed by atoms with Gasteiger partial charge in [-0.3, -0.25) is 4.79 Å². The van der Waals surface area contributed by atoms with E-state index in [1.165, 1.54) is 43.1 Å². The first-order chi connectivity index (χ1) is 12.3. The lowest BCUT2D eigenvalue weighted by Gasteiger charge is -2.10. The summed E-state index contributed by atoms with van der Waals surface area (Å²) in [7, 11) is 1.37. The minimum Gasteiger partial charge on any atom is -0.494 e. The summed E-state index contributed by atoms with van der Waals surface area (Å²) in [4.78, 5) is 11.8. The van der Waals surface area contributed by atoms with Gasteiger partial charge in [0.05, 0.1) is 12.9 Å². The maximum atomic E-state index is 13.6. The second-order valence-electron chi connectivity index (χ2n) is 5.08. The Morgan fingerprint density at radius 1 is 1.15 bits per heavy atom. The van der Waals surface area contributed by atoms with Crippen molar-refractivity contribution in [3.05, 3.63) is 53.8 Å². The summed E-state index contributed by atoms with van der Waals surface area (Å²) >= 11 is 1.27. The Bertz CT molecular complexity index is 751. The van der Waals surface area contributed by atoms with Crippen molar-refractivity contribution in [2.24, 2.45) is 0 Å². The van der Waals surface area contributed by atoms with E-state index in [1.807, 2.05) is 0 Å². The molecule has 0 aromatic heterocycles. The molecule has 0 aliphatic carbocycles. The fraction of sp³-hybridized carbons (Fsp3) is 0.235. The van der Waals surface area contributed by atoms with Crippen molar-refractivity contribution in [2.75, 3.05) is 18.2 Å². The number of halogens is 4. The standard InChI is InChI=1S/C17H15F4NO3S/c1-24-15-7-2-11(8-14(15)18)9-26-10-16(23)22-12-3-5-13(6-4-12)25-17(19,20)21/h2-8H,9-10H2,1H3,(H,22,23). The summed E-state index contributed by atoms with van der Waals surface area (Å²) in [5.41, 5.74) is 1.05. The number of amides is 1. The lowest BCUT2D eigenvalue weighted by molar-refractivity contribution is -0.274. The molecule has 0 bridgehead atoms. The highest BCUT2D eigenvalue weighted by Crippen LogP contribution is 2.24. The third kappa shape index (κ3) is 6.47. The van der Waals surface area contributed by atoms with Gasteiger partial charge in [-0.15, -0.1) is 24.9 Å². The van der Waals surface area contributed by atoms with E-state index in [9.17, 15) is 22.4 Å². The van der Waals surface area contributed by atoms with E-state index in [-0.39, 0.29) is 23.2 Å². The van der Waals surface area contributed by atoms with Gasteiger partial charge in [-0.05, 0) is 42.0 Å². The monoisotopic (exact) mass is 389 g/mol. The summed E-state index contributed by atoms with van der Waals surface area (Å²) < 4.78 is 58.4. The molecule has 9 heteroatoms. The van der Waals surface area contributed by atoms with Crippen molar-refractivity contribution < 1.29 is 31.8 Å². The molecule has 2 aromatic rings. The van der Waals surface area contributed by atoms with E-state index in [4.69, 9.17) is 4.74 Å². The SMILES string of the molecule is COc1ccc(CSCC(=O)Nc2ccc(OC(F)(F)F)cc2)cc1F. The summed E-state index contributed by atoms with van der Waals surface area (Å²) in [6, 6.07) is 9.38. The fourth-order valence-electron chi connectivity index (χ4n) is 2.00. The van der Waals surface area contributed by atoms with Crippen LogP contribution in [0.4, 0.5) is 23.2 Å². The van der Waals surface area contributed by atoms with Gasteiger partial charge >= 0.3 is 6.36 Å². The number of benzene rings is 2. The fourth-order valence-corrected chi connectivity index (χ4v) is 2.77. The quantitative estimate of drug-likeness (QED) is 0.703. The number of anilines is 1. The van der Waals surface area contributed by atoms with Crippen LogP contribution in [0.1, 0.15) is 5.56 Å². The van der Waals surface area contributed by atoms with Crippen LogP contribution in [-0.4, -0.2) is 25.1 Å². The van der Waals surface area contributed by atoms with Crippen LogP contribution in [0.15, 0.2) is 42.5 Å². The molecule has 0 aliphatic heterocycles. The van der Waals surface area contributed by atoms with Crippen LogP contribution in [0.5, 0.6) is 11.5 Å². The van der Waals surface area contributed by atoms with E-state index >= 15 is 0 Å². The molecule has 140 valence electrons. The van der Waals surface area contributed by atoms with Gasteiger partial charge in [0.25, 0.3) is 0 Å². The van der Waals surface area contributed by atoms with Gasteiger partial charge in [0.15, 0.2) is 11.6 Å². The number of ether oxygens (including phenoxy) is 2. The van der Waals surface area contributed by atoms with Crippen LogP contribution in [0.3, 0.4) is 0 Å². The van der Waals surface area contributed by atoms with Crippen LogP contribution < -0.4 is 14.8 Å². The van der Waals surface area contributed by atoms with E-state index in [1.54, 1.807) is 6.07 Å². The Morgan fingerprint density at radius 2 is 1.85 bits per heavy atom. The second-order valence-corrected chi connectivity index (χ2v) is 6.07. The highest BCUT2D eigenvalue weighted by molar-refractivity contribution is 7.99. The van der Waals surface area contributed by atoms with Crippen LogP contribution in [0.25, 0.3) is 0 Å². The van der Waals surface area contributed by atoms with Crippen molar-refractivity contribution in [3.8, 4) is 11.5 Å². The molecule has 0 atom stereocenters. The smallest absolute Gasteiger partial charge is 0.494 e. The molecule has 1 amide bonds. The Hall–Kier alpha value is -2.42. The van der Waals surface area contributed by atoms with E-state index < -0.39 is 12.2 Å². The van der Waals surface area contributed by atoms with Crippen molar-refractivity contribution in [1.29, 1.82) is 0 Å². The normalized spacial score (nSPS) is 11.1. The zero-order valence-electron chi connectivity index (χ0n) is 13.6. The van der Waals surface area contributed by atoms with E-state index in [0.717, 1.165) is 12.1 Å². The average Bonchev–Trinajstić information content (AvgIpc) is 2.55. The molecule has 0 heterocycles. The molecule has 0 saturated carbocycles. The first-order valence-corrected chi connectivity index (χ1v) is 8.48. The lowest BCUT2D eigenvalue weighted by atomic mass is 10.2. The Labute approximate surface area is 151 Å². The Kier molecular flexibility index (Phi) is 6.73. The van der Waals surface area contributed by atoms with Crippen LogP contribution in [-0.2, 0) is 10.5 Å². The number of nitrogens with one attached hydrogen (secondary N) is 1. The number of carbonyl (C=O) groups excluding carboxylic acids is 1. The van der Waals surface area contributed by atoms with Crippen LogP contribution in [0.2, 0.25) is 0 Å². The van der Waals surface area contributed by atoms with E-state index in [2.05, 4.69) is 10.1 Å². The highest BCUT2D eigenvalue weighted by Gasteiger charge is 2.30. The number of hydrogen-bond acceptors (Lipinski definition) is 4. The zero-order valence-corrected chi connectivity index (χ0v) is 14.4. The molecule has 0 unspecified atom stereocenters. The molecule has 0 radical (unpaired) electrons. The van der Waals surface area contributed by atoms with Gasteiger partial charge < -0.3 is 14.8 Å². The van der Waals surface area contributed by atoms with Gasteiger partial charge in [-0.2, -0.15) is 0 Å². The van der Waals surface area contributed by atoms with Crippen molar-refractivity contribution in [3.63, 3.8) is 0 Å². The predicted octanol–water partition coefficient (Wildman–Crippen LogP) is 4.60. The Balaban J connectivity index is 1.79. The second kappa shape index (κ2) is 8.79. The number of carbonyl (C=O) groups is 1. The minimum absolute atomic E-state index is 0.106. The van der Waals surface area contributed by atoms with Gasteiger partial charge in [-0.1, -0.05) is 6.07 Å². The molecule has 2 rings (SSSR count). The molecular weight excluding hydrogens is 374 g/mol. The molecule has 26 heavy (non-hydrogen) atoms. The molecule has 0 aliphatic rings. The molecule has 0 spiro atoms. The largest absolute Gasteiger partial charge is 0.573 e. The number of alkyl halides is 3. The predicted molar refractivity (Wildman–Crippen MR) is 90.9 cm³/mol. The Morgan fingerprint density at radius 3 is 2.42 bits per heavy atom. The van der Waals surface area contributed by atoms with Crippen molar-refractivity contribution >= 4 is 23.4 Å². The maximum Gasteiger partial charge on any atom is 0.573 e. The third-order valence-corrected chi connectivity index (χ3v) is 4.09. The number of hydrogen-bond donors (Lipinski definition) is 1. The lowest BCUT2D eigenvalue weighted by Crippen LogP contribution is -2.17. The molecular formula is C17H15F4NO3S.